The first-order chi connectivity index (χ1) is 11.7. The Bertz CT molecular complexity index is 796. The van der Waals surface area contributed by atoms with Crippen LogP contribution in [-0.4, -0.2) is 51.8 Å². The molecule has 0 spiro atoms. The zero-order valence-electron chi connectivity index (χ0n) is 13.2. The Morgan fingerprint density at radius 1 is 1.38 bits per heavy atom. The molecule has 1 aromatic carbocycles. The van der Waals surface area contributed by atoms with E-state index in [2.05, 4.69) is 16.0 Å². The van der Waals surface area contributed by atoms with E-state index < -0.39 is 10.8 Å². The van der Waals surface area contributed by atoms with Crippen molar-refractivity contribution in [3.8, 4) is 11.8 Å². The van der Waals surface area contributed by atoms with E-state index in [9.17, 15) is 9.47 Å². The van der Waals surface area contributed by atoms with Crippen LogP contribution in [0, 0.1) is 11.3 Å². The van der Waals surface area contributed by atoms with Gasteiger partial charge < -0.3 is 9.64 Å². The standard InChI is InChI=1S/C17H18ClN3O2S/c18-15-2-3-20-16-11-17(13(12-19)10-14(15)16)23-7-1-4-21-5-8-24(22)9-6-21/h2-3,10-11H,1,4-9H2. The molecule has 1 aliphatic rings. The zero-order valence-corrected chi connectivity index (χ0v) is 14.8. The van der Waals surface area contributed by atoms with Gasteiger partial charge in [0, 0.05) is 59.6 Å². The second kappa shape index (κ2) is 7.93. The Balaban J connectivity index is 1.60. The molecule has 5 nitrogen and oxygen atoms in total. The number of aromatic nitrogens is 1. The maximum atomic E-state index is 11.3. The molecule has 24 heavy (non-hydrogen) atoms. The first kappa shape index (κ1) is 17.2. The van der Waals surface area contributed by atoms with E-state index in [1.165, 1.54) is 0 Å². The number of nitrogens with zero attached hydrogens (tertiary/aromatic N) is 3. The van der Waals surface area contributed by atoms with Crippen LogP contribution in [0.3, 0.4) is 0 Å². The summed E-state index contributed by atoms with van der Waals surface area (Å²) in [6.07, 6.45) is 2.50. The van der Waals surface area contributed by atoms with Gasteiger partial charge >= 0.3 is 0 Å². The summed E-state index contributed by atoms with van der Waals surface area (Å²) in [5, 5.41) is 10.7. The van der Waals surface area contributed by atoms with Crippen LogP contribution in [0.1, 0.15) is 12.0 Å². The SMILES string of the molecule is N#Cc1cc2c(Cl)ccnc2cc1OCCCN1CCS(=O)CC1. The molecule has 0 aliphatic carbocycles. The Labute approximate surface area is 148 Å². The lowest BCUT2D eigenvalue weighted by Crippen LogP contribution is -2.38. The third-order valence-corrected chi connectivity index (χ3v) is 5.66. The maximum Gasteiger partial charge on any atom is 0.139 e. The smallest absolute Gasteiger partial charge is 0.139 e. The third kappa shape index (κ3) is 4.04. The van der Waals surface area contributed by atoms with Crippen LogP contribution in [-0.2, 0) is 10.8 Å². The Kier molecular flexibility index (Phi) is 5.67. The average Bonchev–Trinajstić information content (AvgIpc) is 2.60. The highest BCUT2D eigenvalue weighted by Gasteiger charge is 2.14. The van der Waals surface area contributed by atoms with E-state index in [0.29, 0.717) is 22.9 Å². The van der Waals surface area contributed by atoms with Crippen LogP contribution in [0.2, 0.25) is 5.02 Å². The van der Waals surface area contributed by atoms with Gasteiger partial charge in [-0.25, -0.2) is 0 Å². The topological polar surface area (TPSA) is 66.2 Å². The van der Waals surface area contributed by atoms with Crippen LogP contribution in [0.15, 0.2) is 24.4 Å². The predicted molar refractivity (Wildman–Crippen MR) is 95.9 cm³/mol. The summed E-state index contributed by atoms with van der Waals surface area (Å²) in [5.74, 6) is 2.06. The number of hydrogen-bond acceptors (Lipinski definition) is 5. The molecule has 2 aromatic rings. The summed E-state index contributed by atoms with van der Waals surface area (Å²) in [4.78, 5) is 6.58. The fraction of sp³-hybridized carbons (Fsp3) is 0.412. The van der Waals surface area contributed by atoms with Crippen molar-refractivity contribution in [2.75, 3.05) is 37.7 Å². The number of halogens is 1. The van der Waals surface area contributed by atoms with Gasteiger partial charge in [-0.05, 0) is 18.6 Å². The number of fused-ring (bicyclic) bond motifs is 1. The van der Waals surface area contributed by atoms with E-state index in [4.69, 9.17) is 16.3 Å². The average molecular weight is 364 g/mol. The molecule has 0 amide bonds. The first-order valence-electron chi connectivity index (χ1n) is 7.86. The second-order valence-corrected chi connectivity index (χ2v) is 7.77. The highest BCUT2D eigenvalue weighted by molar-refractivity contribution is 7.85. The molecule has 1 saturated heterocycles. The zero-order chi connectivity index (χ0) is 16.9. The van der Waals surface area contributed by atoms with Crippen molar-refractivity contribution in [3.63, 3.8) is 0 Å². The third-order valence-electron chi connectivity index (χ3n) is 4.06. The number of benzene rings is 1. The van der Waals surface area contributed by atoms with E-state index in [1.807, 2.05) is 0 Å². The normalized spacial score (nSPS) is 16.2. The molecule has 0 atom stereocenters. The highest BCUT2D eigenvalue weighted by atomic mass is 35.5. The fourth-order valence-electron chi connectivity index (χ4n) is 2.72. The second-order valence-electron chi connectivity index (χ2n) is 5.66. The van der Waals surface area contributed by atoms with Crippen molar-refractivity contribution in [3.05, 3.63) is 35.0 Å². The monoisotopic (exact) mass is 363 g/mol. The minimum absolute atomic E-state index is 0.464. The lowest BCUT2D eigenvalue weighted by atomic mass is 10.1. The molecule has 126 valence electrons. The summed E-state index contributed by atoms with van der Waals surface area (Å²) >= 11 is 6.14. The molecule has 0 saturated carbocycles. The van der Waals surface area contributed by atoms with E-state index in [0.717, 1.165) is 48.5 Å². The molecule has 1 aromatic heterocycles. The van der Waals surface area contributed by atoms with E-state index >= 15 is 0 Å². The van der Waals surface area contributed by atoms with Gasteiger partial charge in [0.2, 0.25) is 0 Å². The molecule has 7 heteroatoms. The molecule has 3 rings (SSSR count). The van der Waals surface area contributed by atoms with Crippen molar-refractivity contribution >= 4 is 33.3 Å². The number of pyridine rings is 1. The van der Waals surface area contributed by atoms with Crippen LogP contribution in [0.4, 0.5) is 0 Å². The molecule has 0 radical (unpaired) electrons. The minimum atomic E-state index is -0.644. The molecule has 1 aliphatic heterocycles. The van der Waals surface area contributed by atoms with Gasteiger partial charge in [-0.1, -0.05) is 11.6 Å². The molecular formula is C17H18ClN3O2S. The van der Waals surface area contributed by atoms with E-state index in [-0.39, 0.29) is 0 Å². The van der Waals surface area contributed by atoms with Gasteiger partial charge in [0.05, 0.1) is 22.7 Å². The van der Waals surface area contributed by atoms with Crippen LogP contribution in [0.25, 0.3) is 10.9 Å². The van der Waals surface area contributed by atoms with Crippen LogP contribution < -0.4 is 4.74 Å². The molecule has 0 unspecified atom stereocenters. The summed E-state index contributed by atoms with van der Waals surface area (Å²) in [6.45, 7) is 3.21. The largest absolute Gasteiger partial charge is 0.492 e. The first-order valence-corrected chi connectivity index (χ1v) is 9.72. The Morgan fingerprint density at radius 3 is 2.92 bits per heavy atom. The van der Waals surface area contributed by atoms with Crippen LogP contribution >= 0.6 is 11.6 Å². The Hall–Kier alpha value is -1.68. The number of nitriles is 1. The van der Waals surface area contributed by atoms with Crippen molar-refractivity contribution < 1.29 is 8.95 Å². The van der Waals surface area contributed by atoms with Gasteiger partial charge in [0.15, 0.2) is 0 Å². The van der Waals surface area contributed by atoms with Gasteiger partial charge in [-0.2, -0.15) is 5.26 Å². The van der Waals surface area contributed by atoms with Crippen LogP contribution in [0.5, 0.6) is 5.75 Å². The quantitative estimate of drug-likeness (QED) is 0.764. The van der Waals surface area contributed by atoms with Crippen molar-refractivity contribution in [2.24, 2.45) is 0 Å². The predicted octanol–water partition coefficient (Wildman–Crippen LogP) is 2.59. The Morgan fingerprint density at radius 2 is 2.17 bits per heavy atom. The highest BCUT2D eigenvalue weighted by Crippen LogP contribution is 2.28. The molecule has 1 fully saturated rings. The van der Waals surface area contributed by atoms with Gasteiger partial charge in [-0.3, -0.25) is 9.19 Å². The summed E-state index contributed by atoms with van der Waals surface area (Å²) < 4.78 is 17.1. The molecule has 2 heterocycles. The lowest BCUT2D eigenvalue weighted by molar-refractivity contribution is 0.247. The fourth-order valence-corrected chi connectivity index (χ4v) is 4.05. The number of ether oxygens (including phenoxy) is 1. The maximum absolute atomic E-state index is 11.3. The lowest BCUT2D eigenvalue weighted by Gasteiger charge is -2.25. The minimum Gasteiger partial charge on any atom is -0.492 e. The van der Waals surface area contributed by atoms with Gasteiger partial charge in [-0.15, -0.1) is 0 Å². The van der Waals surface area contributed by atoms with E-state index in [1.54, 1.807) is 24.4 Å². The van der Waals surface area contributed by atoms with Crippen molar-refractivity contribution in [1.29, 1.82) is 5.26 Å². The summed E-state index contributed by atoms with van der Waals surface area (Å²) in [5.41, 5.74) is 1.18. The number of hydrogen-bond donors (Lipinski definition) is 0. The summed E-state index contributed by atoms with van der Waals surface area (Å²) in [6, 6.07) is 7.35. The summed E-state index contributed by atoms with van der Waals surface area (Å²) in [7, 11) is -0.644. The number of rotatable bonds is 5. The molecular weight excluding hydrogens is 346 g/mol. The van der Waals surface area contributed by atoms with Crippen molar-refractivity contribution in [1.82, 2.24) is 9.88 Å². The van der Waals surface area contributed by atoms with Gasteiger partial charge in [0.1, 0.15) is 11.8 Å². The van der Waals surface area contributed by atoms with Crippen molar-refractivity contribution in [2.45, 2.75) is 6.42 Å². The molecule has 0 N–H and O–H groups in total. The molecule has 0 bridgehead atoms. The van der Waals surface area contributed by atoms with Gasteiger partial charge in [0.25, 0.3) is 0 Å².